The molecule has 0 radical (unpaired) electrons. The van der Waals surface area contributed by atoms with E-state index in [0.717, 1.165) is 38.7 Å². The van der Waals surface area contributed by atoms with Crippen LogP contribution in [0.3, 0.4) is 0 Å². The smallest absolute Gasteiger partial charge is 0.320 e. The maximum absolute atomic E-state index is 6.04. The Kier molecular flexibility index (Phi) is 7.05. The molecule has 1 unspecified atom stereocenters. The van der Waals surface area contributed by atoms with Gasteiger partial charge < -0.3 is 24.7 Å². The molecule has 27 heavy (non-hydrogen) atoms. The van der Waals surface area contributed by atoms with Gasteiger partial charge in [0, 0.05) is 19.8 Å². The van der Waals surface area contributed by atoms with Crippen molar-refractivity contribution in [2.75, 3.05) is 39.3 Å². The van der Waals surface area contributed by atoms with Crippen molar-refractivity contribution in [3.63, 3.8) is 0 Å². The van der Waals surface area contributed by atoms with Crippen molar-refractivity contribution >= 4 is 17.0 Å². The van der Waals surface area contributed by atoms with E-state index in [4.69, 9.17) is 24.7 Å². The summed E-state index contributed by atoms with van der Waals surface area (Å²) in [5, 5.41) is 0. The molecule has 1 aliphatic heterocycles. The number of nitrogen functional groups attached to an aromatic ring is 1. The maximum Gasteiger partial charge on any atom is 0.320 e. The highest BCUT2D eigenvalue weighted by Crippen LogP contribution is 2.25. The number of methoxy groups -OCH3 is 1. The van der Waals surface area contributed by atoms with Crippen LogP contribution < -0.4 is 15.2 Å². The van der Waals surface area contributed by atoms with Gasteiger partial charge in [-0.25, -0.2) is 0 Å². The molecule has 3 heterocycles. The molecular weight excluding hydrogens is 350 g/mol. The molecule has 150 valence electrons. The lowest BCUT2D eigenvalue weighted by Gasteiger charge is -2.11. The number of anilines is 1. The predicted molar refractivity (Wildman–Crippen MR) is 101 cm³/mol. The molecule has 1 atom stereocenters. The van der Waals surface area contributed by atoms with Gasteiger partial charge in [0.25, 0.3) is 6.01 Å². The van der Waals surface area contributed by atoms with E-state index in [-0.39, 0.29) is 17.9 Å². The normalized spacial score (nSPS) is 16.9. The van der Waals surface area contributed by atoms with Gasteiger partial charge in [0.2, 0.25) is 0 Å². The van der Waals surface area contributed by atoms with Crippen molar-refractivity contribution in [3.8, 4) is 12.0 Å². The summed E-state index contributed by atoms with van der Waals surface area (Å²) in [7, 11) is 1.58. The van der Waals surface area contributed by atoms with Crippen LogP contribution >= 0.6 is 0 Å². The first kappa shape index (κ1) is 19.6. The molecule has 0 saturated carbocycles. The number of fused-ring (bicyclic) bond motifs is 1. The summed E-state index contributed by atoms with van der Waals surface area (Å²) in [6.45, 7) is 5.42. The average molecular weight is 379 g/mol. The second kappa shape index (κ2) is 9.70. The molecule has 0 spiro atoms. The third-order valence-electron chi connectivity index (χ3n) is 4.48. The molecule has 9 heteroatoms. The second-order valence-electron chi connectivity index (χ2n) is 6.58. The van der Waals surface area contributed by atoms with Crippen LogP contribution in [0.5, 0.6) is 12.0 Å². The lowest BCUT2D eigenvalue weighted by Crippen LogP contribution is -2.15. The molecule has 3 rings (SSSR count). The van der Waals surface area contributed by atoms with Crippen molar-refractivity contribution in [3.05, 3.63) is 0 Å². The molecule has 0 aliphatic carbocycles. The van der Waals surface area contributed by atoms with Crippen LogP contribution in [0.15, 0.2) is 0 Å². The van der Waals surface area contributed by atoms with Gasteiger partial charge in [-0.2, -0.15) is 15.0 Å². The number of hydrogen-bond donors (Lipinski definition) is 1. The third-order valence-corrected chi connectivity index (χ3v) is 4.48. The number of imidazole rings is 1. The minimum Gasteiger partial charge on any atom is -0.468 e. The Morgan fingerprint density at radius 2 is 2.11 bits per heavy atom. The van der Waals surface area contributed by atoms with Gasteiger partial charge in [-0.05, 0) is 25.7 Å². The lowest BCUT2D eigenvalue weighted by molar-refractivity contribution is 0.0157. The van der Waals surface area contributed by atoms with Crippen LogP contribution in [-0.4, -0.2) is 59.2 Å². The van der Waals surface area contributed by atoms with Crippen LogP contribution in [-0.2, 0) is 16.0 Å². The lowest BCUT2D eigenvalue weighted by atomic mass is 10.2. The molecule has 2 N–H and O–H groups in total. The first-order valence-electron chi connectivity index (χ1n) is 9.62. The number of ether oxygens (including phenoxy) is 4. The van der Waals surface area contributed by atoms with Gasteiger partial charge in [-0.3, -0.25) is 4.57 Å². The van der Waals surface area contributed by atoms with E-state index in [1.165, 1.54) is 0 Å². The maximum atomic E-state index is 6.04. The van der Waals surface area contributed by atoms with Gasteiger partial charge in [-0.15, -0.1) is 0 Å². The van der Waals surface area contributed by atoms with Gasteiger partial charge in [0.05, 0.1) is 26.4 Å². The summed E-state index contributed by atoms with van der Waals surface area (Å²) >= 11 is 0. The van der Waals surface area contributed by atoms with E-state index in [9.17, 15) is 0 Å². The van der Waals surface area contributed by atoms with Crippen LogP contribution in [0.2, 0.25) is 0 Å². The van der Waals surface area contributed by atoms with E-state index >= 15 is 0 Å². The first-order chi connectivity index (χ1) is 13.2. The second-order valence-corrected chi connectivity index (χ2v) is 6.58. The molecular formula is C18H29N5O4. The van der Waals surface area contributed by atoms with E-state index < -0.39 is 0 Å². The Labute approximate surface area is 159 Å². The Morgan fingerprint density at radius 1 is 1.22 bits per heavy atom. The fourth-order valence-corrected chi connectivity index (χ4v) is 3.03. The molecule has 9 nitrogen and oxygen atoms in total. The van der Waals surface area contributed by atoms with Crippen molar-refractivity contribution < 1.29 is 18.9 Å². The molecule has 0 aromatic carbocycles. The molecule has 2 aromatic heterocycles. The SMILES string of the molecule is CCCCOc1nc(N)c2nc(OC)n(CCCOCC3CCCO3)c2n1. The highest BCUT2D eigenvalue weighted by atomic mass is 16.5. The first-order valence-corrected chi connectivity index (χ1v) is 9.62. The zero-order valence-corrected chi connectivity index (χ0v) is 16.1. The number of nitrogens with zero attached hydrogens (tertiary/aromatic N) is 4. The van der Waals surface area contributed by atoms with E-state index in [1.807, 2.05) is 4.57 Å². The van der Waals surface area contributed by atoms with Crippen LogP contribution in [0.1, 0.15) is 39.0 Å². The van der Waals surface area contributed by atoms with Crippen molar-refractivity contribution in [2.24, 2.45) is 0 Å². The van der Waals surface area contributed by atoms with E-state index in [2.05, 4.69) is 21.9 Å². The molecule has 1 saturated heterocycles. The summed E-state index contributed by atoms with van der Waals surface area (Å²) in [6.07, 6.45) is 5.21. The Hall–Kier alpha value is -2.13. The summed E-state index contributed by atoms with van der Waals surface area (Å²) in [5.74, 6) is 0.290. The summed E-state index contributed by atoms with van der Waals surface area (Å²) < 4.78 is 24.2. The fourth-order valence-electron chi connectivity index (χ4n) is 3.03. The van der Waals surface area contributed by atoms with Crippen molar-refractivity contribution in [2.45, 2.75) is 51.7 Å². The fraction of sp³-hybridized carbons (Fsp3) is 0.722. The van der Waals surface area contributed by atoms with Crippen molar-refractivity contribution in [1.82, 2.24) is 19.5 Å². The number of aryl methyl sites for hydroxylation is 1. The van der Waals surface area contributed by atoms with E-state index in [0.29, 0.717) is 43.5 Å². The Bertz CT molecular complexity index is 730. The monoisotopic (exact) mass is 379 g/mol. The predicted octanol–water partition coefficient (Wildman–Crippen LogP) is 2.18. The molecule has 0 amide bonds. The number of rotatable bonds is 11. The standard InChI is InChI=1S/C18H29N5O4/c1-3-4-10-27-17-21-15(19)14-16(22-17)23(18(20-14)24-2)8-6-9-25-12-13-7-5-11-26-13/h13H,3-12H2,1-2H3,(H2,19,21,22). The van der Waals surface area contributed by atoms with Crippen LogP contribution in [0.25, 0.3) is 11.2 Å². The largest absolute Gasteiger partial charge is 0.468 e. The van der Waals surface area contributed by atoms with Gasteiger partial charge in [-0.1, -0.05) is 13.3 Å². The minimum atomic E-state index is 0.240. The number of unbranched alkanes of at least 4 members (excludes halogenated alkanes) is 1. The van der Waals surface area contributed by atoms with Gasteiger partial charge in [0.15, 0.2) is 17.0 Å². The number of hydrogen-bond acceptors (Lipinski definition) is 8. The van der Waals surface area contributed by atoms with Crippen molar-refractivity contribution in [1.29, 1.82) is 0 Å². The van der Waals surface area contributed by atoms with Crippen LogP contribution in [0.4, 0.5) is 5.82 Å². The molecule has 2 aromatic rings. The third kappa shape index (κ3) is 4.98. The van der Waals surface area contributed by atoms with Crippen LogP contribution in [0, 0.1) is 0 Å². The summed E-state index contributed by atoms with van der Waals surface area (Å²) in [5.41, 5.74) is 7.18. The topological polar surface area (TPSA) is 107 Å². The number of aromatic nitrogens is 4. The Balaban J connectivity index is 1.64. The summed E-state index contributed by atoms with van der Waals surface area (Å²) in [4.78, 5) is 13.1. The highest BCUT2D eigenvalue weighted by molar-refractivity contribution is 5.83. The minimum absolute atomic E-state index is 0.240. The number of nitrogens with two attached hydrogens (primary N) is 1. The Morgan fingerprint density at radius 3 is 2.85 bits per heavy atom. The average Bonchev–Trinajstić information content (AvgIpc) is 3.30. The van der Waals surface area contributed by atoms with Gasteiger partial charge in [0.1, 0.15) is 0 Å². The molecule has 0 bridgehead atoms. The zero-order chi connectivity index (χ0) is 19.1. The quantitative estimate of drug-likeness (QED) is 0.592. The zero-order valence-electron chi connectivity index (χ0n) is 16.1. The van der Waals surface area contributed by atoms with Gasteiger partial charge >= 0.3 is 6.01 Å². The summed E-state index contributed by atoms with van der Waals surface area (Å²) in [6, 6.07) is 0.725. The molecule has 1 aliphatic rings. The molecule has 1 fully saturated rings. The highest BCUT2D eigenvalue weighted by Gasteiger charge is 2.18. The van der Waals surface area contributed by atoms with E-state index in [1.54, 1.807) is 7.11 Å².